The second-order valence-electron chi connectivity index (χ2n) is 11.2. The largest absolute Gasteiger partial charge is 0.0625 e. The molecule has 0 atom stereocenters. The molecule has 0 heteroatoms. The van der Waals surface area contributed by atoms with Crippen LogP contribution in [0.15, 0.2) is 0 Å². The van der Waals surface area contributed by atoms with E-state index in [1.807, 2.05) is 0 Å². The van der Waals surface area contributed by atoms with Crippen LogP contribution in [0.25, 0.3) is 0 Å². The van der Waals surface area contributed by atoms with Crippen molar-refractivity contribution in [2.45, 2.75) is 122 Å². The molecule has 4 rings (SSSR count). The predicted octanol–water partition coefficient (Wildman–Crippen LogP) is 8.40. The Morgan fingerprint density at radius 3 is 1.31 bits per heavy atom. The summed E-state index contributed by atoms with van der Waals surface area (Å²) in [5, 5.41) is 0. The summed E-state index contributed by atoms with van der Waals surface area (Å²) in [6, 6.07) is 0. The lowest BCUT2D eigenvalue weighted by Gasteiger charge is -2.41. The summed E-state index contributed by atoms with van der Waals surface area (Å²) in [4.78, 5) is 0. The maximum Gasteiger partial charge on any atom is -0.0386 e. The summed E-state index contributed by atoms with van der Waals surface area (Å²) in [5.41, 5.74) is 0. The van der Waals surface area contributed by atoms with Gasteiger partial charge in [-0.2, -0.15) is 0 Å². The molecule has 0 aromatic rings. The van der Waals surface area contributed by atoms with Gasteiger partial charge in [-0.1, -0.05) is 77.6 Å². The molecule has 26 heavy (non-hydrogen) atoms. The monoisotopic (exact) mass is 358 g/mol. The summed E-state index contributed by atoms with van der Waals surface area (Å²) in [7, 11) is 0. The molecule has 0 amide bonds. The molecule has 0 saturated heterocycles. The molecule has 0 unspecified atom stereocenters. The highest BCUT2D eigenvalue weighted by Gasteiger charge is 2.34. The van der Waals surface area contributed by atoms with Gasteiger partial charge in [0.2, 0.25) is 0 Å². The average molecular weight is 359 g/mol. The lowest BCUT2D eigenvalue weighted by molar-refractivity contribution is 0.106. The Bertz CT molecular complexity index is 382. The van der Waals surface area contributed by atoms with Crippen LogP contribution in [-0.4, -0.2) is 0 Å². The third-order valence-electron chi connectivity index (χ3n) is 9.49. The van der Waals surface area contributed by atoms with Crippen LogP contribution in [0.1, 0.15) is 122 Å². The number of hydrogen-bond acceptors (Lipinski definition) is 0. The van der Waals surface area contributed by atoms with Crippen LogP contribution in [0, 0.1) is 41.4 Å². The lowest BCUT2D eigenvalue weighted by atomic mass is 9.65. The van der Waals surface area contributed by atoms with E-state index in [-0.39, 0.29) is 0 Å². The van der Waals surface area contributed by atoms with Gasteiger partial charge < -0.3 is 0 Å². The molecule has 0 heterocycles. The quantitative estimate of drug-likeness (QED) is 0.473. The molecule has 0 N–H and O–H groups in total. The minimum Gasteiger partial charge on any atom is -0.0625 e. The summed E-state index contributed by atoms with van der Waals surface area (Å²) in [5.74, 6) is 7.69. The first-order chi connectivity index (χ1) is 12.8. The maximum atomic E-state index is 2.46. The third kappa shape index (κ3) is 5.08. The molecular weight excluding hydrogens is 312 g/mol. The lowest BCUT2D eigenvalue weighted by Crippen LogP contribution is -2.29. The number of rotatable bonds is 4. The van der Waals surface area contributed by atoms with Crippen molar-refractivity contribution in [3.63, 3.8) is 0 Å². The Balaban J connectivity index is 1.15. The summed E-state index contributed by atoms with van der Waals surface area (Å²) < 4.78 is 0. The Kier molecular flexibility index (Phi) is 7.04. The molecule has 4 saturated carbocycles. The zero-order chi connectivity index (χ0) is 17.8. The van der Waals surface area contributed by atoms with Gasteiger partial charge in [-0.25, -0.2) is 0 Å². The van der Waals surface area contributed by atoms with E-state index < -0.39 is 0 Å². The summed E-state index contributed by atoms with van der Waals surface area (Å²) >= 11 is 0. The standard InChI is InChI=1S/C26H46/c1-20-7-9-21(10-8-20)19-22-11-13-24(14-12-22)26-17-15-25(16-18-26)23-5-3-2-4-6-23/h20-26H,2-19H2,1H3. The molecule has 0 nitrogen and oxygen atoms in total. The Hall–Kier alpha value is 0. The van der Waals surface area contributed by atoms with Crippen molar-refractivity contribution in [2.24, 2.45) is 41.4 Å². The van der Waals surface area contributed by atoms with Crippen LogP contribution in [0.2, 0.25) is 0 Å². The van der Waals surface area contributed by atoms with Crippen LogP contribution in [0.3, 0.4) is 0 Å². The Labute approximate surface area is 164 Å². The molecule has 0 aromatic carbocycles. The van der Waals surface area contributed by atoms with E-state index in [0.29, 0.717) is 0 Å². The van der Waals surface area contributed by atoms with Crippen molar-refractivity contribution in [2.75, 3.05) is 0 Å². The van der Waals surface area contributed by atoms with Crippen LogP contribution in [0.4, 0.5) is 0 Å². The average Bonchev–Trinajstić information content (AvgIpc) is 2.71. The second-order valence-corrected chi connectivity index (χ2v) is 11.2. The maximum absolute atomic E-state index is 2.46. The van der Waals surface area contributed by atoms with Gasteiger partial charge in [-0.05, 0) is 86.4 Å². The van der Waals surface area contributed by atoms with Crippen LogP contribution in [0.5, 0.6) is 0 Å². The SMILES string of the molecule is CC1CCC(CC2CCC(C3CCC(C4CCCCC4)CC3)CC2)CC1. The van der Waals surface area contributed by atoms with Crippen molar-refractivity contribution in [3.05, 3.63) is 0 Å². The minimum atomic E-state index is 1.02. The minimum absolute atomic E-state index is 1.02. The number of hydrogen-bond donors (Lipinski definition) is 0. The fourth-order valence-corrected chi connectivity index (χ4v) is 7.62. The topological polar surface area (TPSA) is 0 Å². The fourth-order valence-electron chi connectivity index (χ4n) is 7.62. The highest BCUT2D eigenvalue weighted by atomic mass is 14.4. The van der Waals surface area contributed by atoms with Crippen LogP contribution >= 0.6 is 0 Å². The second kappa shape index (κ2) is 9.47. The van der Waals surface area contributed by atoms with E-state index in [9.17, 15) is 0 Å². The van der Waals surface area contributed by atoms with E-state index in [4.69, 9.17) is 0 Å². The van der Waals surface area contributed by atoms with Gasteiger partial charge in [0.05, 0.1) is 0 Å². The summed E-state index contributed by atoms with van der Waals surface area (Å²) in [6.45, 7) is 2.46. The van der Waals surface area contributed by atoms with Gasteiger partial charge in [0.1, 0.15) is 0 Å². The van der Waals surface area contributed by atoms with Crippen LogP contribution < -0.4 is 0 Å². The first-order valence-corrected chi connectivity index (χ1v) is 12.8. The zero-order valence-corrected chi connectivity index (χ0v) is 17.8. The van der Waals surface area contributed by atoms with Crippen LogP contribution in [-0.2, 0) is 0 Å². The van der Waals surface area contributed by atoms with Gasteiger partial charge in [-0.15, -0.1) is 0 Å². The molecule has 4 aliphatic rings. The van der Waals surface area contributed by atoms with E-state index in [0.717, 1.165) is 41.4 Å². The van der Waals surface area contributed by atoms with Crippen molar-refractivity contribution in [1.29, 1.82) is 0 Å². The zero-order valence-electron chi connectivity index (χ0n) is 17.8. The molecule has 0 radical (unpaired) electrons. The van der Waals surface area contributed by atoms with Gasteiger partial charge in [-0.3, -0.25) is 0 Å². The normalized spacial score (nSPS) is 43.3. The highest BCUT2D eigenvalue weighted by molar-refractivity contribution is 4.85. The van der Waals surface area contributed by atoms with Crippen molar-refractivity contribution >= 4 is 0 Å². The van der Waals surface area contributed by atoms with Gasteiger partial charge in [0.15, 0.2) is 0 Å². The Morgan fingerprint density at radius 1 is 0.423 bits per heavy atom. The van der Waals surface area contributed by atoms with Crippen molar-refractivity contribution < 1.29 is 0 Å². The molecule has 0 bridgehead atoms. The molecule has 0 aliphatic heterocycles. The van der Waals surface area contributed by atoms with E-state index in [1.54, 1.807) is 83.5 Å². The molecule has 4 aliphatic carbocycles. The first kappa shape index (κ1) is 19.3. The molecule has 4 fully saturated rings. The van der Waals surface area contributed by atoms with Crippen molar-refractivity contribution in [3.8, 4) is 0 Å². The predicted molar refractivity (Wildman–Crippen MR) is 113 cm³/mol. The van der Waals surface area contributed by atoms with E-state index in [2.05, 4.69) is 6.92 Å². The highest BCUT2D eigenvalue weighted by Crippen LogP contribution is 2.46. The first-order valence-electron chi connectivity index (χ1n) is 12.8. The molecule has 0 aromatic heterocycles. The summed E-state index contributed by atoms with van der Waals surface area (Å²) in [6.07, 6.45) is 28.2. The molecule has 0 spiro atoms. The molecular formula is C26H46. The Morgan fingerprint density at radius 2 is 0.808 bits per heavy atom. The van der Waals surface area contributed by atoms with E-state index in [1.165, 1.54) is 32.1 Å². The third-order valence-corrected chi connectivity index (χ3v) is 9.49. The van der Waals surface area contributed by atoms with Crippen molar-refractivity contribution in [1.82, 2.24) is 0 Å². The molecule has 150 valence electrons. The van der Waals surface area contributed by atoms with Gasteiger partial charge in [0, 0.05) is 0 Å². The van der Waals surface area contributed by atoms with E-state index >= 15 is 0 Å². The van der Waals surface area contributed by atoms with Gasteiger partial charge >= 0.3 is 0 Å². The fraction of sp³-hybridized carbons (Fsp3) is 1.00. The van der Waals surface area contributed by atoms with Gasteiger partial charge in [0.25, 0.3) is 0 Å². The smallest absolute Gasteiger partial charge is 0.0386 e.